The topological polar surface area (TPSA) is 91.4 Å². The molecule has 4 rings (SSSR count). The summed E-state index contributed by atoms with van der Waals surface area (Å²) in [7, 11) is 0. The first-order valence-electron chi connectivity index (χ1n) is 8.72. The second-order valence-corrected chi connectivity index (χ2v) is 6.74. The van der Waals surface area contributed by atoms with Gasteiger partial charge in [0, 0.05) is 45.5 Å². The van der Waals surface area contributed by atoms with Crippen LogP contribution in [-0.4, -0.2) is 75.1 Å². The van der Waals surface area contributed by atoms with Gasteiger partial charge in [-0.1, -0.05) is 0 Å². The standard InChI is InChI=1S/C18H21N5O3/c1-12(24)14-8-15(21-20-14)18(25)23-10-16-17(11-23)26-7-6-22(16)9-13-2-4-19-5-3-13/h2-5,8,16-17H,6-7,9-11H2,1H3,(H,20,21). The number of carbonyl (C=O) groups excluding carboxylic acids is 2. The van der Waals surface area contributed by atoms with Crippen molar-refractivity contribution < 1.29 is 14.3 Å². The second-order valence-electron chi connectivity index (χ2n) is 6.74. The number of aromatic nitrogens is 3. The van der Waals surface area contributed by atoms with Crippen molar-refractivity contribution in [1.29, 1.82) is 0 Å². The fourth-order valence-electron chi connectivity index (χ4n) is 3.63. The van der Waals surface area contributed by atoms with E-state index in [9.17, 15) is 9.59 Å². The van der Waals surface area contributed by atoms with Crippen LogP contribution in [0.2, 0.25) is 0 Å². The molecular weight excluding hydrogens is 334 g/mol. The van der Waals surface area contributed by atoms with Gasteiger partial charge in [0.05, 0.1) is 18.8 Å². The highest BCUT2D eigenvalue weighted by atomic mass is 16.5. The van der Waals surface area contributed by atoms with Gasteiger partial charge in [-0.2, -0.15) is 5.10 Å². The molecule has 8 nitrogen and oxygen atoms in total. The summed E-state index contributed by atoms with van der Waals surface area (Å²) in [5.41, 5.74) is 1.82. The van der Waals surface area contributed by atoms with Crippen LogP contribution in [-0.2, 0) is 11.3 Å². The number of nitrogens with zero attached hydrogens (tertiary/aromatic N) is 4. The van der Waals surface area contributed by atoms with E-state index in [-0.39, 0.29) is 29.5 Å². The van der Waals surface area contributed by atoms with E-state index in [2.05, 4.69) is 20.1 Å². The zero-order valence-electron chi connectivity index (χ0n) is 14.6. The minimum Gasteiger partial charge on any atom is -0.373 e. The Hall–Kier alpha value is -2.58. The first-order chi connectivity index (χ1) is 12.6. The Bertz CT molecular complexity index is 806. The Morgan fingerprint density at radius 1 is 1.31 bits per heavy atom. The van der Waals surface area contributed by atoms with Gasteiger partial charge in [0.15, 0.2) is 5.78 Å². The van der Waals surface area contributed by atoms with Crippen LogP contribution in [0.4, 0.5) is 0 Å². The van der Waals surface area contributed by atoms with Gasteiger partial charge < -0.3 is 9.64 Å². The molecular formula is C18H21N5O3. The van der Waals surface area contributed by atoms with Crippen LogP contribution < -0.4 is 0 Å². The Kier molecular flexibility index (Phi) is 4.52. The molecule has 2 aliphatic rings. The summed E-state index contributed by atoms with van der Waals surface area (Å²) < 4.78 is 5.90. The quantitative estimate of drug-likeness (QED) is 0.813. The number of ketones is 1. The van der Waals surface area contributed by atoms with Crippen molar-refractivity contribution in [2.45, 2.75) is 25.6 Å². The van der Waals surface area contributed by atoms with Crippen molar-refractivity contribution in [1.82, 2.24) is 25.0 Å². The van der Waals surface area contributed by atoms with Gasteiger partial charge in [-0.25, -0.2) is 0 Å². The molecule has 2 saturated heterocycles. The Morgan fingerprint density at radius 3 is 2.85 bits per heavy atom. The number of pyridine rings is 1. The van der Waals surface area contributed by atoms with Crippen LogP contribution in [0.5, 0.6) is 0 Å². The molecule has 8 heteroatoms. The molecule has 1 N–H and O–H groups in total. The summed E-state index contributed by atoms with van der Waals surface area (Å²) in [5.74, 6) is -0.311. The molecule has 0 saturated carbocycles. The third-order valence-electron chi connectivity index (χ3n) is 5.01. The summed E-state index contributed by atoms with van der Waals surface area (Å²) in [5, 5.41) is 6.57. The zero-order valence-corrected chi connectivity index (χ0v) is 14.6. The number of morpholine rings is 1. The van der Waals surface area contributed by atoms with Crippen molar-refractivity contribution >= 4 is 11.7 Å². The summed E-state index contributed by atoms with van der Waals surface area (Å²) in [6, 6.07) is 5.70. The maximum atomic E-state index is 12.8. The van der Waals surface area contributed by atoms with Gasteiger partial charge in [-0.3, -0.25) is 24.6 Å². The molecule has 2 fully saturated rings. The lowest BCUT2D eigenvalue weighted by molar-refractivity contribution is -0.0503. The maximum Gasteiger partial charge on any atom is 0.272 e. The normalized spacial score (nSPS) is 23.0. The van der Waals surface area contributed by atoms with E-state index in [1.54, 1.807) is 17.3 Å². The van der Waals surface area contributed by atoms with Crippen LogP contribution in [0.3, 0.4) is 0 Å². The van der Waals surface area contributed by atoms with E-state index in [4.69, 9.17) is 4.74 Å². The van der Waals surface area contributed by atoms with Gasteiger partial charge in [0.1, 0.15) is 11.4 Å². The molecule has 0 spiro atoms. The Labute approximate surface area is 151 Å². The molecule has 0 bridgehead atoms. The van der Waals surface area contributed by atoms with E-state index in [1.165, 1.54) is 18.6 Å². The van der Waals surface area contributed by atoms with Gasteiger partial charge in [0.25, 0.3) is 5.91 Å². The summed E-state index contributed by atoms with van der Waals surface area (Å²) in [6.45, 7) is 4.89. The first-order valence-corrected chi connectivity index (χ1v) is 8.72. The molecule has 1 amide bonds. The van der Waals surface area contributed by atoms with E-state index in [0.29, 0.717) is 25.4 Å². The van der Waals surface area contributed by atoms with Crippen molar-refractivity contribution in [2.24, 2.45) is 0 Å². The molecule has 2 atom stereocenters. The maximum absolute atomic E-state index is 12.8. The SMILES string of the molecule is CC(=O)c1cc(C(=O)N2CC3OCCN(Cc4ccncc4)C3C2)[nH]n1. The summed E-state index contributed by atoms with van der Waals surface area (Å²) in [4.78, 5) is 32.3. The Balaban J connectivity index is 1.46. The number of nitrogens with one attached hydrogen (secondary N) is 1. The highest BCUT2D eigenvalue weighted by molar-refractivity contribution is 5.97. The molecule has 136 valence electrons. The monoisotopic (exact) mass is 355 g/mol. The number of amides is 1. The lowest BCUT2D eigenvalue weighted by Gasteiger charge is -2.36. The lowest BCUT2D eigenvalue weighted by atomic mass is 10.1. The average molecular weight is 355 g/mol. The van der Waals surface area contributed by atoms with Crippen LogP contribution in [0, 0.1) is 0 Å². The summed E-state index contributed by atoms with van der Waals surface area (Å²) in [6.07, 6.45) is 3.59. The summed E-state index contributed by atoms with van der Waals surface area (Å²) >= 11 is 0. The fraction of sp³-hybridized carbons (Fsp3) is 0.444. The number of ether oxygens (including phenoxy) is 1. The number of carbonyl (C=O) groups is 2. The van der Waals surface area contributed by atoms with Gasteiger partial charge in [0.2, 0.25) is 0 Å². The third kappa shape index (κ3) is 3.25. The smallest absolute Gasteiger partial charge is 0.272 e. The number of hydrogen-bond acceptors (Lipinski definition) is 6. The molecule has 0 radical (unpaired) electrons. The number of rotatable bonds is 4. The van der Waals surface area contributed by atoms with Gasteiger partial charge in [-0.05, 0) is 23.8 Å². The van der Waals surface area contributed by atoms with E-state index in [0.717, 1.165) is 13.1 Å². The van der Waals surface area contributed by atoms with Crippen LogP contribution in [0.1, 0.15) is 33.5 Å². The molecule has 2 unspecified atom stereocenters. The molecule has 2 aromatic rings. The number of hydrogen-bond donors (Lipinski definition) is 1. The molecule has 0 aromatic carbocycles. The zero-order chi connectivity index (χ0) is 18.1. The first kappa shape index (κ1) is 16.9. The molecule has 2 aromatic heterocycles. The predicted octanol–water partition coefficient (Wildman–Crippen LogP) is 0.733. The van der Waals surface area contributed by atoms with Gasteiger partial charge in [-0.15, -0.1) is 0 Å². The third-order valence-corrected chi connectivity index (χ3v) is 5.01. The highest BCUT2D eigenvalue weighted by Gasteiger charge is 2.42. The van der Waals surface area contributed by atoms with Crippen molar-refractivity contribution in [2.75, 3.05) is 26.2 Å². The van der Waals surface area contributed by atoms with E-state index >= 15 is 0 Å². The molecule has 2 aliphatic heterocycles. The second kappa shape index (κ2) is 6.97. The van der Waals surface area contributed by atoms with Crippen molar-refractivity contribution in [3.05, 3.63) is 47.5 Å². The van der Waals surface area contributed by atoms with Crippen LogP contribution >= 0.6 is 0 Å². The van der Waals surface area contributed by atoms with Crippen LogP contribution in [0.15, 0.2) is 30.6 Å². The van der Waals surface area contributed by atoms with Crippen molar-refractivity contribution in [3.8, 4) is 0 Å². The average Bonchev–Trinajstić information content (AvgIpc) is 3.30. The molecule has 0 aliphatic carbocycles. The number of H-pyrrole nitrogens is 1. The largest absolute Gasteiger partial charge is 0.373 e. The lowest BCUT2D eigenvalue weighted by Crippen LogP contribution is -2.50. The minimum atomic E-state index is -0.165. The predicted molar refractivity (Wildman–Crippen MR) is 92.7 cm³/mol. The number of fused-ring (bicyclic) bond motifs is 1. The minimum absolute atomic E-state index is 0.00439. The number of Topliss-reactive ketones (excluding diaryl/α,β-unsaturated/α-hetero) is 1. The molecule has 26 heavy (non-hydrogen) atoms. The van der Waals surface area contributed by atoms with E-state index < -0.39 is 0 Å². The van der Waals surface area contributed by atoms with Gasteiger partial charge >= 0.3 is 0 Å². The number of likely N-dealkylation sites (tertiary alicyclic amines) is 1. The highest BCUT2D eigenvalue weighted by Crippen LogP contribution is 2.25. The van der Waals surface area contributed by atoms with E-state index in [1.807, 2.05) is 12.1 Å². The fourth-order valence-corrected chi connectivity index (χ4v) is 3.63. The Morgan fingerprint density at radius 2 is 2.12 bits per heavy atom. The molecule has 4 heterocycles. The number of aromatic amines is 1. The van der Waals surface area contributed by atoms with Crippen LogP contribution in [0.25, 0.3) is 0 Å². The van der Waals surface area contributed by atoms with Crippen molar-refractivity contribution in [3.63, 3.8) is 0 Å².